The zero-order chi connectivity index (χ0) is 8.23. The maximum Gasteiger partial charge on any atom is 0 e. The molecule has 0 aliphatic heterocycles. The fourth-order valence-electron chi connectivity index (χ4n) is 1.19. The van der Waals surface area contributed by atoms with Gasteiger partial charge in [-0.15, -0.1) is 35.9 Å². The maximum absolute atomic E-state index is 3.18. The average molecular weight is 294 g/mol. The Hall–Kier alpha value is -0.468. The summed E-state index contributed by atoms with van der Waals surface area (Å²) in [5, 5.41) is 0. The van der Waals surface area contributed by atoms with Gasteiger partial charge in [0.2, 0.25) is 0 Å². The second-order valence-corrected chi connectivity index (χ2v) is 2.64. The molecule has 0 saturated carbocycles. The Balaban J connectivity index is 0.000000845. The predicted octanol–water partition coefficient (Wildman–Crippen LogP) is 3.21. The first-order valence-corrected chi connectivity index (χ1v) is 3.99. The summed E-state index contributed by atoms with van der Waals surface area (Å²) in [5.74, 6) is 0. The van der Waals surface area contributed by atoms with Gasteiger partial charge in [-0.05, 0) is 0 Å². The minimum atomic E-state index is 0. The molecule has 0 bridgehead atoms. The fraction of sp³-hybridized carbons (Fsp3) is 0. The van der Waals surface area contributed by atoms with Crippen molar-refractivity contribution in [1.82, 2.24) is 0 Å². The van der Waals surface area contributed by atoms with Crippen molar-refractivity contribution in [2.45, 2.75) is 0 Å². The van der Waals surface area contributed by atoms with Crippen molar-refractivity contribution >= 4 is 9.90 Å². The zero-order valence-corrected chi connectivity index (χ0v) is 10.7. The van der Waals surface area contributed by atoms with Crippen molar-refractivity contribution in [2.24, 2.45) is 0 Å². The molecule has 0 aromatic heterocycles. The molecule has 0 aliphatic rings. The summed E-state index contributed by atoms with van der Waals surface area (Å²) in [6.07, 6.45) is 0. The molecule has 0 spiro atoms. The van der Waals surface area contributed by atoms with E-state index in [2.05, 4.69) is 24.3 Å². The van der Waals surface area contributed by atoms with E-state index in [1.807, 2.05) is 36.4 Å². The summed E-state index contributed by atoms with van der Waals surface area (Å²) < 4.78 is 0. The van der Waals surface area contributed by atoms with E-state index >= 15 is 0 Å². The third-order valence-corrected chi connectivity index (χ3v) is 1.79. The molecule has 0 N–H and O–H groups in total. The van der Waals surface area contributed by atoms with Crippen LogP contribution >= 0.6 is 9.90 Å². The van der Waals surface area contributed by atoms with Crippen LogP contribution in [0.5, 0.6) is 0 Å². The molecule has 0 saturated heterocycles. The van der Waals surface area contributed by atoms with Crippen LogP contribution in [0.3, 0.4) is 0 Å². The van der Waals surface area contributed by atoms with Gasteiger partial charge < -0.3 is 0 Å². The topological polar surface area (TPSA) is 0 Å². The zero-order valence-electron chi connectivity index (χ0n) is 7.72. The predicted molar refractivity (Wildman–Crippen MR) is 61.8 cm³/mol. The first-order chi connectivity index (χ1) is 5.97. The van der Waals surface area contributed by atoms with Crippen LogP contribution in [0.25, 0.3) is 11.1 Å². The largest absolute Gasteiger partial charge is 0.153 e. The molecule has 76 valence electrons. The van der Waals surface area contributed by atoms with Gasteiger partial charge in [0.05, 0.1) is 0 Å². The Morgan fingerprint density at radius 3 is 2.00 bits per heavy atom. The summed E-state index contributed by atoms with van der Waals surface area (Å²) in [6.45, 7) is 0. The Bertz CT molecular complexity index is 308. The number of rotatable bonds is 1. The molecule has 0 aliphatic carbocycles. The third-order valence-electron chi connectivity index (χ3n) is 1.79. The normalized spacial score (nSPS) is 8.29. The molecule has 2 rings (SSSR count). The molecule has 2 aromatic carbocycles. The van der Waals surface area contributed by atoms with Gasteiger partial charge in [0, 0.05) is 20.4 Å². The number of hydrogen-bond donors (Lipinski definition) is 0. The molecule has 1 unspecified atom stereocenters. The molecular formula is C12H12PPd-. The summed E-state index contributed by atoms with van der Waals surface area (Å²) in [5.41, 5.74) is 2.37. The van der Waals surface area contributed by atoms with Crippen molar-refractivity contribution in [2.75, 3.05) is 0 Å². The molecule has 0 amide bonds. The molecule has 14 heavy (non-hydrogen) atoms. The third kappa shape index (κ3) is 3.35. The van der Waals surface area contributed by atoms with E-state index in [1.54, 1.807) is 0 Å². The Labute approximate surface area is 102 Å². The quantitative estimate of drug-likeness (QED) is 0.430. The molecule has 0 radical (unpaired) electrons. The standard InChI is InChI=1S/C12H9.H3P.Pd/c1-3-7-11(8-4-1)12-9-5-2-6-10-12;;/h1-9H;1H3;/q-1;;. The van der Waals surface area contributed by atoms with Gasteiger partial charge in [-0.3, -0.25) is 0 Å². The van der Waals surface area contributed by atoms with Crippen LogP contribution < -0.4 is 0 Å². The van der Waals surface area contributed by atoms with E-state index < -0.39 is 0 Å². The second kappa shape index (κ2) is 6.91. The summed E-state index contributed by atoms with van der Waals surface area (Å²) in [4.78, 5) is 0. The monoisotopic (exact) mass is 293 g/mol. The Morgan fingerprint density at radius 2 is 1.43 bits per heavy atom. The second-order valence-electron chi connectivity index (χ2n) is 2.64. The van der Waals surface area contributed by atoms with E-state index in [0.717, 1.165) is 5.56 Å². The number of benzene rings is 2. The number of hydrogen-bond acceptors (Lipinski definition) is 0. The summed E-state index contributed by atoms with van der Waals surface area (Å²) in [7, 11) is 0. The van der Waals surface area contributed by atoms with Crippen molar-refractivity contribution in [3.05, 3.63) is 60.7 Å². The smallest absolute Gasteiger partial charge is 0 e. The minimum Gasteiger partial charge on any atom is -0.153 e. The average Bonchev–Trinajstić information content (AvgIpc) is 2.21. The van der Waals surface area contributed by atoms with Crippen LogP contribution in [0.4, 0.5) is 0 Å². The summed E-state index contributed by atoms with van der Waals surface area (Å²) >= 11 is 0. The van der Waals surface area contributed by atoms with Crippen LogP contribution in [0.1, 0.15) is 0 Å². The van der Waals surface area contributed by atoms with Crippen LogP contribution in [0.2, 0.25) is 0 Å². The molecule has 0 fully saturated rings. The minimum absolute atomic E-state index is 0. The fourth-order valence-corrected chi connectivity index (χ4v) is 1.19. The van der Waals surface area contributed by atoms with Crippen LogP contribution in [0, 0.1) is 6.07 Å². The Morgan fingerprint density at radius 1 is 0.786 bits per heavy atom. The van der Waals surface area contributed by atoms with Crippen molar-refractivity contribution in [3.63, 3.8) is 0 Å². The first kappa shape index (κ1) is 13.5. The van der Waals surface area contributed by atoms with Gasteiger partial charge >= 0.3 is 0 Å². The van der Waals surface area contributed by atoms with E-state index in [1.165, 1.54) is 5.56 Å². The molecule has 2 heteroatoms. The molecular weight excluding hydrogens is 282 g/mol. The van der Waals surface area contributed by atoms with Gasteiger partial charge in [-0.2, -0.15) is 9.90 Å². The Kier molecular flexibility index (Phi) is 6.68. The van der Waals surface area contributed by atoms with Crippen LogP contribution in [-0.2, 0) is 20.4 Å². The maximum atomic E-state index is 3.18. The van der Waals surface area contributed by atoms with Gasteiger partial charge in [-0.1, -0.05) is 35.9 Å². The van der Waals surface area contributed by atoms with Gasteiger partial charge in [0.1, 0.15) is 0 Å². The van der Waals surface area contributed by atoms with Crippen molar-refractivity contribution in [3.8, 4) is 11.1 Å². The van der Waals surface area contributed by atoms with E-state index in [0.29, 0.717) is 0 Å². The summed E-state index contributed by atoms with van der Waals surface area (Å²) in [6, 6.07) is 21.5. The molecule has 1 atom stereocenters. The van der Waals surface area contributed by atoms with Gasteiger partial charge in [0.15, 0.2) is 0 Å². The molecule has 0 nitrogen and oxygen atoms in total. The van der Waals surface area contributed by atoms with Crippen molar-refractivity contribution in [1.29, 1.82) is 0 Å². The van der Waals surface area contributed by atoms with Crippen LogP contribution in [0.15, 0.2) is 54.6 Å². The van der Waals surface area contributed by atoms with E-state index in [4.69, 9.17) is 0 Å². The van der Waals surface area contributed by atoms with Gasteiger partial charge in [-0.25, -0.2) is 0 Å². The van der Waals surface area contributed by atoms with E-state index in [9.17, 15) is 0 Å². The molecule has 2 aromatic rings. The van der Waals surface area contributed by atoms with E-state index in [-0.39, 0.29) is 30.3 Å². The SMILES string of the molecule is P.[Pd].[c-]1ccccc1-c1ccccc1. The van der Waals surface area contributed by atoms with Gasteiger partial charge in [0.25, 0.3) is 0 Å². The first-order valence-electron chi connectivity index (χ1n) is 3.99. The van der Waals surface area contributed by atoms with Crippen molar-refractivity contribution < 1.29 is 20.4 Å². The van der Waals surface area contributed by atoms with Crippen LogP contribution in [-0.4, -0.2) is 0 Å². The molecule has 0 heterocycles.